The van der Waals surface area contributed by atoms with Crippen molar-refractivity contribution in [1.29, 1.82) is 0 Å². The van der Waals surface area contributed by atoms with Gasteiger partial charge in [0.05, 0.1) is 6.61 Å². The largest absolute Gasteiger partial charge is 0.368 e. The summed E-state index contributed by atoms with van der Waals surface area (Å²) in [6.45, 7) is 10.6. The molecule has 1 saturated heterocycles. The second-order valence-electron chi connectivity index (χ2n) is 4.74. The van der Waals surface area contributed by atoms with Crippen LogP contribution in [0.3, 0.4) is 0 Å². The van der Waals surface area contributed by atoms with E-state index in [2.05, 4.69) is 11.9 Å². The minimum absolute atomic E-state index is 0.00962. The van der Waals surface area contributed by atoms with Crippen LogP contribution in [0.5, 0.6) is 0 Å². The van der Waals surface area contributed by atoms with Gasteiger partial charge in [-0.25, -0.2) is 4.79 Å². The Morgan fingerprint density at radius 1 is 1.30 bits per heavy atom. The zero-order valence-corrected chi connectivity index (χ0v) is 12.4. The maximum absolute atomic E-state index is 12.2. The smallest absolute Gasteiger partial charge is 0.317 e. The first kappa shape index (κ1) is 16.5. The molecule has 0 spiro atoms. The molecular formula is C14H25N3O3. The number of rotatable bonds is 6. The third-order valence-corrected chi connectivity index (χ3v) is 3.24. The topological polar surface area (TPSA) is 61.9 Å². The lowest BCUT2D eigenvalue weighted by Crippen LogP contribution is -2.54. The average Bonchev–Trinajstić information content (AvgIpc) is 2.47. The highest BCUT2D eigenvalue weighted by Crippen LogP contribution is 2.06. The summed E-state index contributed by atoms with van der Waals surface area (Å²) in [5.41, 5.74) is 0. The number of ether oxygens (including phenoxy) is 1. The van der Waals surface area contributed by atoms with Gasteiger partial charge in [-0.1, -0.05) is 6.08 Å². The Kier molecular flexibility index (Phi) is 7.08. The van der Waals surface area contributed by atoms with Crippen LogP contribution in [-0.4, -0.2) is 67.2 Å². The van der Waals surface area contributed by atoms with Crippen LogP contribution < -0.4 is 5.32 Å². The molecule has 3 amide bonds. The van der Waals surface area contributed by atoms with Crippen molar-refractivity contribution >= 4 is 11.9 Å². The van der Waals surface area contributed by atoms with E-state index in [0.717, 1.165) is 6.42 Å². The monoisotopic (exact) mass is 283 g/mol. The van der Waals surface area contributed by atoms with Gasteiger partial charge in [-0.3, -0.25) is 4.79 Å². The molecule has 0 aromatic carbocycles. The zero-order chi connectivity index (χ0) is 15.0. The molecule has 0 aromatic rings. The van der Waals surface area contributed by atoms with E-state index in [-0.39, 0.29) is 11.9 Å². The van der Waals surface area contributed by atoms with Gasteiger partial charge in [0.15, 0.2) is 0 Å². The Labute approximate surface area is 120 Å². The molecule has 1 unspecified atom stereocenters. The van der Waals surface area contributed by atoms with Gasteiger partial charge >= 0.3 is 6.03 Å². The number of nitrogens with one attached hydrogen (secondary N) is 1. The van der Waals surface area contributed by atoms with Crippen LogP contribution in [0.2, 0.25) is 0 Å². The van der Waals surface area contributed by atoms with Crippen molar-refractivity contribution in [3.63, 3.8) is 0 Å². The average molecular weight is 283 g/mol. The maximum atomic E-state index is 12.2. The number of hydrogen-bond acceptors (Lipinski definition) is 3. The number of amides is 3. The number of nitrogens with zero attached hydrogens (tertiary/aromatic N) is 2. The lowest BCUT2D eigenvalue weighted by molar-refractivity contribution is -0.144. The first-order chi connectivity index (χ1) is 9.60. The van der Waals surface area contributed by atoms with Gasteiger partial charge in [-0.2, -0.15) is 0 Å². The second-order valence-corrected chi connectivity index (χ2v) is 4.74. The number of hydrogen-bond donors (Lipinski definition) is 1. The van der Waals surface area contributed by atoms with Gasteiger partial charge in [0, 0.05) is 32.7 Å². The number of carbonyl (C=O) groups is 2. The Bertz CT molecular complexity index is 339. The van der Waals surface area contributed by atoms with E-state index in [0.29, 0.717) is 39.3 Å². The Morgan fingerprint density at radius 2 is 1.90 bits per heavy atom. The van der Waals surface area contributed by atoms with Crippen molar-refractivity contribution in [2.75, 3.05) is 39.3 Å². The molecule has 1 fully saturated rings. The molecule has 6 nitrogen and oxygen atoms in total. The SMILES string of the molecule is C=CCCOC(C)C(=O)N1CCN(C(=O)NCC)CC1. The molecule has 1 rings (SSSR count). The molecule has 0 saturated carbocycles. The summed E-state index contributed by atoms with van der Waals surface area (Å²) in [5.74, 6) is -0.00962. The summed E-state index contributed by atoms with van der Waals surface area (Å²) in [4.78, 5) is 27.3. The van der Waals surface area contributed by atoms with Gasteiger partial charge < -0.3 is 19.9 Å². The van der Waals surface area contributed by atoms with Crippen LogP contribution in [0, 0.1) is 0 Å². The third-order valence-electron chi connectivity index (χ3n) is 3.24. The second kappa shape index (κ2) is 8.58. The molecule has 0 aromatic heterocycles. The van der Waals surface area contributed by atoms with Crippen LogP contribution >= 0.6 is 0 Å². The van der Waals surface area contributed by atoms with E-state index >= 15 is 0 Å². The summed E-state index contributed by atoms with van der Waals surface area (Å²) in [6.07, 6.45) is 2.07. The number of carbonyl (C=O) groups excluding carboxylic acids is 2. The number of piperazine rings is 1. The fourth-order valence-electron chi connectivity index (χ4n) is 2.05. The van der Waals surface area contributed by atoms with Crippen molar-refractivity contribution in [3.8, 4) is 0 Å². The van der Waals surface area contributed by atoms with Gasteiger partial charge in [0.25, 0.3) is 5.91 Å². The van der Waals surface area contributed by atoms with Crippen LogP contribution in [0.1, 0.15) is 20.3 Å². The zero-order valence-electron chi connectivity index (χ0n) is 12.4. The maximum Gasteiger partial charge on any atom is 0.317 e. The van der Waals surface area contributed by atoms with E-state index in [9.17, 15) is 9.59 Å². The molecule has 1 heterocycles. The highest BCUT2D eigenvalue weighted by molar-refractivity contribution is 5.81. The fraction of sp³-hybridized carbons (Fsp3) is 0.714. The predicted molar refractivity (Wildman–Crippen MR) is 77.5 cm³/mol. The molecule has 20 heavy (non-hydrogen) atoms. The molecule has 1 aliphatic rings. The Morgan fingerprint density at radius 3 is 2.45 bits per heavy atom. The van der Waals surface area contributed by atoms with Gasteiger partial charge in [0.2, 0.25) is 0 Å². The van der Waals surface area contributed by atoms with Gasteiger partial charge in [-0.05, 0) is 20.3 Å². The van der Waals surface area contributed by atoms with E-state index in [1.54, 1.807) is 22.8 Å². The van der Waals surface area contributed by atoms with E-state index in [1.165, 1.54) is 0 Å². The molecule has 114 valence electrons. The molecular weight excluding hydrogens is 258 g/mol. The van der Waals surface area contributed by atoms with Gasteiger partial charge in [-0.15, -0.1) is 6.58 Å². The molecule has 1 aliphatic heterocycles. The molecule has 0 bridgehead atoms. The van der Waals surface area contributed by atoms with Crippen LogP contribution in [0.15, 0.2) is 12.7 Å². The van der Waals surface area contributed by atoms with Crippen molar-refractivity contribution in [2.45, 2.75) is 26.4 Å². The summed E-state index contributed by atoms with van der Waals surface area (Å²) < 4.78 is 5.45. The van der Waals surface area contributed by atoms with E-state index < -0.39 is 6.10 Å². The lowest BCUT2D eigenvalue weighted by atomic mass is 10.2. The van der Waals surface area contributed by atoms with Crippen LogP contribution in [0.25, 0.3) is 0 Å². The minimum Gasteiger partial charge on any atom is -0.368 e. The summed E-state index contributed by atoms with van der Waals surface area (Å²) in [7, 11) is 0. The normalized spacial score (nSPS) is 16.7. The molecule has 1 atom stereocenters. The van der Waals surface area contributed by atoms with Crippen LogP contribution in [0.4, 0.5) is 4.79 Å². The third kappa shape index (κ3) is 4.85. The van der Waals surface area contributed by atoms with E-state index in [1.807, 2.05) is 6.92 Å². The molecule has 6 heteroatoms. The Hall–Kier alpha value is -1.56. The van der Waals surface area contributed by atoms with Crippen molar-refractivity contribution in [1.82, 2.24) is 15.1 Å². The van der Waals surface area contributed by atoms with Crippen molar-refractivity contribution in [3.05, 3.63) is 12.7 Å². The fourth-order valence-corrected chi connectivity index (χ4v) is 2.05. The first-order valence-corrected chi connectivity index (χ1v) is 7.14. The molecule has 0 radical (unpaired) electrons. The standard InChI is InChI=1S/C14H25N3O3/c1-4-6-11-20-12(3)13(18)16-7-9-17(10-8-16)14(19)15-5-2/h4,12H,1,5-11H2,2-3H3,(H,15,19). The lowest BCUT2D eigenvalue weighted by Gasteiger charge is -2.35. The van der Waals surface area contributed by atoms with Crippen molar-refractivity contribution < 1.29 is 14.3 Å². The highest BCUT2D eigenvalue weighted by atomic mass is 16.5. The summed E-state index contributed by atoms with van der Waals surface area (Å²) in [5, 5.41) is 2.77. The predicted octanol–water partition coefficient (Wildman–Crippen LogP) is 0.841. The van der Waals surface area contributed by atoms with Crippen LogP contribution in [-0.2, 0) is 9.53 Å². The number of urea groups is 1. The minimum atomic E-state index is -0.439. The quantitative estimate of drug-likeness (QED) is 0.580. The molecule has 0 aliphatic carbocycles. The van der Waals surface area contributed by atoms with Crippen molar-refractivity contribution in [2.24, 2.45) is 0 Å². The molecule has 1 N–H and O–H groups in total. The summed E-state index contributed by atoms with van der Waals surface area (Å²) >= 11 is 0. The summed E-state index contributed by atoms with van der Waals surface area (Å²) in [6, 6.07) is -0.0603. The van der Waals surface area contributed by atoms with Gasteiger partial charge in [0.1, 0.15) is 6.10 Å². The first-order valence-electron chi connectivity index (χ1n) is 7.14. The van der Waals surface area contributed by atoms with E-state index in [4.69, 9.17) is 4.74 Å². The Balaban J connectivity index is 2.34. The highest BCUT2D eigenvalue weighted by Gasteiger charge is 2.26.